The molecule has 0 aliphatic carbocycles. The zero-order valence-corrected chi connectivity index (χ0v) is 10.8. The lowest BCUT2D eigenvalue weighted by atomic mass is 10.1. The first-order valence-electron chi connectivity index (χ1n) is 5.79. The SMILES string of the molecule is [C-]#[N+]c1ccc(N2C[C@@H](C)NC[C@@H]2C)cc1Cl. The van der Waals surface area contributed by atoms with Crippen LogP contribution in [0.4, 0.5) is 11.4 Å². The van der Waals surface area contributed by atoms with Gasteiger partial charge in [-0.1, -0.05) is 17.7 Å². The minimum Gasteiger partial charge on any atom is -0.366 e. The molecule has 1 heterocycles. The zero-order valence-electron chi connectivity index (χ0n) is 10.1. The van der Waals surface area contributed by atoms with E-state index in [-0.39, 0.29) is 0 Å². The lowest BCUT2D eigenvalue weighted by Gasteiger charge is -2.39. The van der Waals surface area contributed by atoms with Crippen molar-refractivity contribution in [1.82, 2.24) is 5.32 Å². The quantitative estimate of drug-likeness (QED) is 0.772. The van der Waals surface area contributed by atoms with Crippen molar-refractivity contribution in [3.63, 3.8) is 0 Å². The van der Waals surface area contributed by atoms with Crippen LogP contribution in [0, 0.1) is 6.57 Å². The van der Waals surface area contributed by atoms with Crippen molar-refractivity contribution < 1.29 is 0 Å². The van der Waals surface area contributed by atoms with Crippen LogP contribution in [0.25, 0.3) is 4.85 Å². The Morgan fingerprint density at radius 1 is 1.47 bits per heavy atom. The third kappa shape index (κ3) is 2.54. The van der Waals surface area contributed by atoms with Crippen LogP contribution in [0.1, 0.15) is 13.8 Å². The summed E-state index contributed by atoms with van der Waals surface area (Å²) in [6.45, 7) is 13.3. The van der Waals surface area contributed by atoms with Crippen molar-refractivity contribution in [2.24, 2.45) is 0 Å². The van der Waals surface area contributed by atoms with E-state index in [1.165, 1.54) is 0 Å². The second-order valence-corrected chi connectivity index (χ2v) is 4.97. The van der Waals surface area contributed by atoms with E-state index in [0.717, 1.165) is 18.8 Å². The van der Waals surface area contributed by atoms with E-state index in [9.17, 15) is 0 Å². The Morgan fingerprint density at radius 3 is 2.88 bits per heavy atom. The first-order chi connectivity index (χ1) is 8.11. The highest BCUT2D eigenvalue weighted by Crippen LogP contribution is 2.31. The lowest BCUT2D eigenvalue weighted by molar-refractivity contribution is 0.425. The second kappa shape index (κ2) is 4.95. The maximum atomic E-state index is 6.99. The normalized spacial score (nSPS) is 24.5. The molecule has 1 fully saturated rings. The van der Waals surface area contributed by atoms with E-state index < -0.39 is 0 Å². The summed E-state index contributed by atoms with van der Waals surface area (Å²) < 4.78 is 0. The number of halogens is 1. The van der Waals surface area contributed by atoms with Crippen LogP contribution >= 0.6 is 11.6 Å². The molecule has 0 aromatic heterocycles. The highest BCUT2D eigenvalue weighted by molar-refractivity contribution is 6.33. The van der Waals surface area contributed by atoms with Crippen molar-refractivity contribution in [3.05, 3.63) is 34.6 Å². The van der Waals surface area contributed by atoms with E-state index in [2.05, 4.69) is 28.9 Å². The van der Waals surface area contributed by atoms with Crippen molar-refractivity contribution in [2.45, 2.75) is 25.9 Å². The van der Waals surface area contributed by atoms with Crippen molar-refractivity contribution in [3.8, 4) is 0 Å². The molecule has 1 N–H and O–H groups in total. The Balaban J connectivity index is 2.27. The number of hydrogen-bond acceptors (Lipinski definition) is 2. The molecule has 1 saturated heterocycles. The molecule has 90 valence electrons. The number of benzene rings is 1. The molecule has 17 heavy (non-hydrogen) atoms. The van der Waals surface area contributed by atoms with Gasteiger partial charge in [0.2, 0.25) is 5.69 Å². The van der Waals surface area contributed by atoms with E-state index in [1.54, 1.807) is 6.07 Å². The molecule has 0 saturated carbocycles. The monoisotopic (exact) mass is 249 g/mol. The summed E-state index contributed by atoms with van der Waals surface area (Å²) in [5, 5.41) is 3.98. The van der Waals surface area contributed by atoms with Gasteiger partial charge in [-0.3, -0.25) is 0 Å². The molecular weight excluding hydrogens is 234 g/mol. The van der Waals surface area contributed by atoms with Crippen LogP contribution < -0.4 is 10.2 Å². The number of hydrogen-bond donors (Lipinski definition) is 1. The summed E-state index contributed by atoms with van der Waals surface area (Å²) in [6, 6.07) is 6.59. The fraction of sp³-hybridized carbons (Fsp3) is 0.462. The number of nitrogens with one attached hydrogen (secondary N) is 1. The molecule has 3 nitrogen and oxygen atoms in total. The topological polar surface area (TPSA) is 19.6 Å². The highest BCUT2D eigenvalue weighted by atomic mass is 35.5. The van der Waals surface area contributed by atoms with E-state index in [4.69, 9.17) is 18.2 Å². The molecule has 1 aliphatic heterocycles. The minimum atomic E-state index is 0.445. The molecule has 1 aromatic carbocycles. The molecule has 0 bridgehead atoms. The molecular formula is C13H16ClN3. The fourth-order valence-corrected chi connectivity index (χ4v) is 2.36. The predicted molar refractivity (Wildman–Crippen MR) is 72.0 cm³/mol. The van der Waals surface area contributed by atoms with Gasteiger partial charge in [0.05, 0.1) is 6.57 Å². The van der Waals surface area contributed by atoms with Crippen LogP contribution in [0.5, 0.6) is 0 Å². The maximum Gasteiger partial charge on any atom is 0.205 e. The first-order valence-corrected chi connectivity index (χ1v) is 6.16. The molecule has 1 aliphatic rings. The van der Waals surface area contributed by atoms with Crippen LogP contribution in [0.15, 0.2) is 18.2 Å². The maximum absolute atomic E-state index is 6.99. The van der Waals surface area contributed by atoms with E-state index >= 15 is 0 Å². The zero-order chi connectivity index (χ0) is 12.4. The van der Waals surface area contributed by atoms with Crippen molar-refractivity contribution >= 4 is 23.0 Å². The molecule has 2 atom stereocenters. The lowest BCUT2D eigenvalue weighted by Crippen LogP contribution is -2.54. The number of nitrogens with zero attached hydrogens (tertiary/aromatic N) is 2. The third-order valence-corrected chi connectivity index (χ3v) is 3.45. The smallest absolute Gasteiger partial charge is 0.205 e. The number of anilines is 1. The van der Waals surface area contributed by atoms with Gasteiger partial charge >= 0.3 is 0 Å². The molecule has 0 amide bonds. The number of rotatable bonds is 1. The standard InChI is InChI=1S/C13H16ClN3/c1-9-8-17(10(2)7-16-9)11-4-5-13(15-3)12(14)6-11/h4-6,9-10,16H,7-8H2,1-2H3/t9-,10+/m1/s1. The Kier molecular flexibility index (Phi) is 3.56. The van der Waals surface area contributed by atoms with E-state index in [1.807, 2.05) is 12.1 Å². The summed E-state index contributed by atoms with van der Waals surface area (Å²) in [5.41, 5.74) is 1.62. The Hall–Kier alpha value is -1.24. The molecule has 2 rings (SSSR count). The third-order valence-electron chi connectivity index (χ3n) is 3.15. The molecule has 0 radical (unpaired) electrons. The molecule has 4 heteroatoms. The van der Waals surface area contributed by atoms with Crippen LogP contribution in [-0.4, -0.2) is 25.2 Å². The summed E-state index contributed by atoms with van der Waals surface area (Å²) >= 11 is 6.08. The van der Waals surface area contributed by atoms with Crippen LogP contribution in [0.2, 0.25) is 5.02 Å². The Labute approximate surface area is 107 Å². The van der Waals surface area contributed by atoms with Gasteiger partial charge in [0, 0.05) is 35.9 Å². The Bertz CT molecular complexity index is 452. The van der Waals surface area contributed by atoms with Crippen molar-refractivity contribution in [1.29, 1.82) is 0 Å². The van der Waals surface area contributed by atoms with Gasteiger partial charge < -0.3 is 10.2 Å². The van der Waals surface area contributed by atoms with Crippen LogP contribution in [0.3, 0.4) is 0 Å². The second-order valence-electron chi connectivity index (χ2n) is 4.56. The van der Waals surface area contributed by atoms with Crippen LogP contribution in [-0.2, 0) is 0 Å². The van der Waals surface area contributed by atoms with Gasteiger partial charge in [-0.25, -0.2) is 4.85 Å². The largest absolute Gasteiger partial charge is 0.366 e. The summed E-state index contributed by atoms with van der Waals surface area (Å²) in [6.07, 6.45) is 0. The van der Waals surface area contributed by atoms with Gasteiger partial charge in [0.15, 0.2) is 0 Å². The first kappa shape index (κ1) is 12.2. The van der Waals surface area contributed by atoms with Gasteiger partial charge in [-0.15, -0.1) is 0 Å². The molecule has 0 unspecified atom stereocenters. The van der Waals surface area contributed by atoms with E-state index in [0.29, 0.717) is 22.8 Å². The predicted octanol–water partition coefficient (Wildman–Crippen LogP) is 3.08. The van der Waals surface area contributed by atoms with Gasteiger partial charge in [0.25, 0.3) is 0 Å². The fourth-order valence-electron chi connectivity index (χ4n) is 2.15. The number of piperazine rings is 1. The summed E-state index contributed by atoms with van der Waals surface area (Å²) in [5.74, 6) is 0. The summed E-state index contributed by atoms with van der Waals surface area (Å²) in [7, 11) is 0. The minimum absolute atomic E-state index is 0.445. The average molecular weight is 250 g/mol. The summed E-state index contributed by atoms with van der Waals surface area (Å²) in [4.78, 5) is 5.71. The average Bonchev–Trinajstić information content (AvgIpc) is 2.32. The Morgan fingerprint density at radius 2 is 2.24 bits per heavy atom. The van der Waals surface area contributed by atoms with Gasteiger partial charge in [-0.05, 0) is 26.0 Å². The van der Waals surface area contributed by atoms with Gasteiger partial charge in [-0.2, -0.15) is 0 Å². The van der Waals surface area contributed by atoms with Crippen molar-refractivity contribution in [2.75, 3.05) is 18.0 Å². The molecule has 0 spiro atoms. The highest BCUT2D eigenvalue weighted by Gasteiger charge is 2.22. The van der Waals surface area contributed by atoms with Gasteiger partial charge in [0.1, 0.15) is 0 Å². The molecule has 1 aromatic rings.